The Balaban J connectivity index is 1.96. The van der Waals surface area contributed by atoms with E-state index in [0.29, 0.717) is 35.5 Å². The smallest absolute Gasteiger partial charge is 0.236 e. The Hall–Kier alpha value is -2.45. The Morgan fingerprint density at radius 2 is 1.94 bits per heavy atom. The molecule has 0 spiro atoms. The molecule has 0 amide bonds. The van der Waals surface area contributed by atoms with Gasteiger partial charge in [0.05, 0.1) is 24.2 Å². The zero-order chi connectivity index (χ0) is 23.7. The lowest BCUT2D eigenvalue weighted by atomic mass is 10.1. The van der Waals surface area contributed by atoms with E-state index in [0.717, 1.165) is 17.9 Å². The highest BCUT2D eigenvalue weighted by atomic mass is 32.2. The average molecular weight is 475 g/mol. The first-order chi connectivity index (χ1) is 14.7. The van der Waals surface area contributed by atoms with Gasteiger partial charge in [-0.1, -0.05) is 25.6 Å². The molecule has 8 nitrogen and oxygen atoms in total. The van der Waals surface area contributed by atoms with Crippen molar-refractivity contribution in [3.05, 3.63) is 36.5 Å². The second-order valence-corrected chi connectivity index (χ2v) is 17.1. The van der Waals surface area contributed by atoms with Gasteiger partial charge in [0.2, 0.25) is 10.0 Å². The van der Waals surface area contributed by atoms with Crippen LogP contribution in [0.5, 0.6) is 0 Å². The first kappa shape index (κ1) is 24.2. The number of pyridine rings is 1. The van der Waals surface area contributed by atoms with Crippen molar-refractivity contribution in [1.82, 2.24) is 18.7 Å². The highest BCUT2D eigenvalue weighted by molar-refractivity contribution is 7.89. The summed E-state index contributed by atoms with van der Waals surface area (Å²) in [5.74, 6) is 5.58. The predicted molar refractivity (Wildman–Crippen MR) is 128 cm³/mol. The third-order valence-corrected chi connectivity index (χ3v) is 7.40. The van der Waals surface area contributed by atoms with E-state index in [1.807, 2.05) is 6.20 Å². The van der Waals surface area contributed by atoms with Gasteiger partial charge in [-0.15, -0.1) is 0 Å². The second-order valence-electron chi connectivity index (χ2n) is 9.61. The van der Waals surface area contributed by atoms with E-state index in [4.69, 9.17) is 4.74 Å². The Morgan fingerprint density at radius 3 is 2.56 bits per heavy atom. The van der Waals surface area contributed by atoms with E-state index >= 15 is 0 Å². The molecule has 0 unspecified atom stereocenters. The molecule has 32 heavy (non-hydrogen) atoms. The van der Waals surface area contributed by atoms with Gasteiger partial charge in [-0.3, -0.25) is 0 Å². The number of ether oxygens (including phenoxy) is 1. The Morgan fingerprint density at radius 1 is 1.22 bits per heavy atom. The maximum atomic E-state index is 12.3. The van der Waals surface area contributed by atoms with E-state index in [9.17, 15) is 13.5 Å². The molecule has 10 heteroatoms. The van der Waals surface area contributed by atoms with Gasteiger partial charge < -0.3 is 9.84 Å². The van der Waals surface area contributed by atoms with Crippen LogP contribution in [0.25, 0.3) is 22.0 Å². The molecule has 0 saturated heterocycles. The number of fused-ring (bicyclic) bond motifs is 1. The van der Waals surface area contributed by atoms with Crippen LogP contribution in [0.4, 0.5) is 0 Å². The SMILES string of the molecule is CC(C)(O)C#Cc1cc2c(-c3cnn(COCC[Si](C)(C)C)c3)cn(S(C)(=O)=O)c2cn1. The molecule has 0 atom stereocenters. The molecule has 3 aromatic rings. The molecule has 1 N–H and O–H groups in total. The molecule has 3 aromatic heterocycles. The van der Waals surface area contributed by atoms with E-state index in [1.165, 1.54) is 10.2 Å². The monoisotopic (exact) mass is 474 g/mol. The minimum absolute atomic E-state index is 0.332. The largest absolute Gasteiger partial charge is 0.378 e. The third-order valence-electron chi connectivity index (χ3n) is 4.67. The molecule has 0 aromatic carbocycles. The molecular weight excluding hydrogens is 444 g/mol. The van der Waals surface area contributed by atoms with Crippen molar-refractivity contribution in [3.63, 3.8) is 0 Å². The topological polar surface area (TPSA) is 99.2 Å². The minimum atomic E-state index is -3.54. The number of aromatic nitrogens is 4. The predicted octanol–water partition coefficient (Wildman–Crippen LogP) is 3.14. The van der Waals surface area contributed by atoms with Crippen LogP contribution in [0, 0.1) is 11.8 Å². The van der Waals surface area contributed by atoms with Crippen molar-refractivity contribution < 1.29 is 18.3 Å². The fraction of sp³-hybridized carbons (Fsp3) is 0.455. The van der Waals surface area contributed by atoms with E-state index in [1.54, 1.807) is 37.0 Å². The van der Waals surface area contributed by atoms with Gasteiger partial charge in [-0.25, -0.2) is 22.1 Å². The molecule has 0 fully saturated rings. The summed E-state index contributed by atoms with van der Waals surface area (Å²) >= 11 is 0. The summed E-state index contributed by atoms with van der Waals surface area (Å²) in [6.07, 6.45) is 7.72. The zero-order valence-electron chi connectivity index (χ0n) is 19.4. The molecular formula is C22H30N4O4SSi. The molecule has 0 aliphatic heterocycles. The summed E-state index contributed by atoms with van der Waals surface area (Å²) in [7, 11) is -4.70. The van der Waals surface area contributed by atoms with Crippen LogP contribution in [0.2, 0.25) is 25.7 Å². The lowest BCUT2D eigenvalue weighted by Gasteiger charge is -2.15. The average Bonchev–Trinajstić information content (AvgIpc) is 3.26. The maximum Gasteiger partial charge on any atom is 0.236 e. The standard InChI is InChI=1S/C22H30N4O4SSi/c1-22(2,27)8-7-18-11-19-20(15-26(31(3,28)29)21(19)13-23-18)17-12-24-25(14-17)16-30-9-10-32(4,5)6/h11-15,27H,9-10,16H2,1-6H3. The zero-order valence-corrected chi connectivity index (χ0v) is 21.2. The highest BCUT2D eigenvalue weighted by Crippen LogP contribution is 2.31. The molecule has 3 heterocycles. The normalized spacial score (nSPS) is 12.7. The van der Waals surface area contributed by atoms with Gasteiger partial charge in [-0.05, 0) is 31.9 Å². The van der Waals surface area contributed by atoms with Crippen LogP contribution in [0.1, 0.15) is 19.5 Å². The summed E-state index contributed by atoms with van der Waals surface area (Å²) in [6.45, 7) is 11.1. The van der Waals surface area contributed by atoms with E-state index in [-0.39, 0.29) is 0 Å². The van der Waals surface area contributed by atoms with Crippen LogP contribution >= 0.6 is 0 Å². The van der Waals surface area contributed by atoms with Crippen LogP contribution in [0.3, 0.4) is 0 Å². The summed E-state index contributed by atoms with van der Waals surface area (Å²) in [4.78, 5) is 4.26. The number of nitrogens with zero attached hydrogens (tertiary/aromatic N) is 4. The van der Waals surface area contributed by atoms with Gasteiger partial charge in [0.1, 0.15) is 18.0 Å². The van der Waals surface area contributed by atoms with Crippen LogP contribution in [-0.4, -0.2) is 58.8 Å². The summed E-state index contributed by atoms with van der Waals surface area (Å²) in [6, 6.07) is 2.80. The third kappa shape index (κ3) is 6.29. The Bertz CT molecular complexity index is 1290. The molecule has 0 aliphatic rings. The molecule has 0 aliphatic carbocycles. The van der Waals surface area contributed by atoms with Gasteiger partial charge in [0.25, 0.3) is 0 Å². The fourth-order valence-electron chi connectivity index (χ4n) is 3.00. The number of rotatable bonds is 7. The number of aliphatic hydroxyl groups is 1. The summed E-state index contributed by atoms with van der Waals surface area (Å²) in [5, 5.41) is 14.9. The molecule has 0 saturated carbocycles. The van der Waals surface area contributed by atoms with Gasteiger partial charge in [0.15, 0.2) is 0 Å². The van der Waals surface area contributed by atoms with Crippen molar-refractivity contribution >= 4 is 29.0 Å². The molecule has 3 rings (SSSR count). The maximum absolute atomic E-state index is 12.3. The number of hydrogen-bond donors (Lipinski definition) is 1. The molecule has 172 valence electrons. The van der Waals surface area contributed by atoms with Crippen molar-refractivity contribution in [2.24, 2.45) is 0 Å². The van der Waals surface area contributed by atoms with Crippen molar-refractivity contribution in [1.29, 1.82) is 0 Å². The molecule has 0 bridgehead atoms. The molecule has 0 radical (unpaired) electrons. The number of hydrogen-bond acceptors (Lipinski definition) is 6. The summed E-state index contributed by atoms with van der Waals surface area (Å²) < 4.78 is 33.3. The van der Waals surface area contributed by atoms with Gasteiger partial charge in [-0.2, -0.15) is 5.10 Å². The van der Waals surface area contributed by atoms with E-state index in [2.05, 4.69) is 41.6 Å². The first-order valence-electron chi connectivity index (χ1n) is 10.3. The second kappa shape index (κ2) is 8.82. The Kier molecular flexibility index (Phi) is 6.67. The first-order valence-corrected chi connectivity index (χ1v) is 15.9. The van der Waals surface area contributed by atoms with Crippen molar-refractivity contribution in [3.8, 4) is 23.0 Å². The summed E-state index contributed by atoms with van der Waals surface area (Å²) in [5.41, 5.74) is 1.20. The lowest BCUT2D eigenvalue weighted by molar-refractivity contribution is 0.0786. The van der Waals surface area contributed by atoms with E-state index < -0.39 is 23.7 Å². The van der Waals surface area contributed by atoms with Gasteiger partial charge >= 0.3 is 0 Å². The fourth-order valence-corrected chi connectivity index (χ4v) is 4.55. The van der Waals surface area contributed by atoms with Crippen molar-refractivity contribution in [2.45, 2.75) is 51.9 Å². The highest BCUT2D eigenvalue weighted by Gasteiger charge is 2.18. The lowest BCUT2D eigenvalue weighted by Crippen LogP contribution is -2.22. The van der Waals surface area contributed by atoms with Crippen molar-refractivity contribution in [2.75, 3.05) is 12.9 Å². The minimum Gasteiger partial charge on any atom is -0.378 e. The van der Waals surface area contributed by atoms with Crippen LogP contribution < -0.4 is 0 Å². The van der Waals surface area contributed by atoms with Crippen LogP contribution in [-0.2, 0) is 21.5 Å². The van der Waals surface area contributed by atoms with Crippen LogP contribution in [0.15, 0.2) is 30.9 Å². The quantitative estimate of drug-likeness (QED) is 0.321. The Labute approximate surface area is 190 Å². The van der Waals surface area contributed by atoms with Gasteiger partial charge in [0, 0.05) is 43.6 Å².